The van der Waals surface area contributed by atoms with Gasteiger partial charge in [0.2, 0.25) is 5.91 Å². The van der Waals surface area contributed by atoms with Crippen molar-refractivity contribution in [1.82, 2.24) is 15.5 Å². The highest BCUT2D eigenvalue weighted by atomic mass is 16.6. The van der Waals surface area contributed by atoms with Crippen LogP contribution in [0.5, 0.6) is 0 Å². The van der Waals surface area contributed by atoms with Crippen molar-refractivity contribution < 1.29 is 28.7 Å². The van der Waals surface area contributed by atoms with E-state index in [0.29, 0.717) is 41.1 Å². The van der Waals surface area contributed by atoms with Crippen LogP contribution in [0.2, 0.25) is 0 Å². The number of amides is 4. The minimum Gasteiger partial charge on any atom is -0.446 e. The third-order valence-electron chi connectivity index (χ3n) is 16.1. The molecule has 0 bridgehead atoms. The first-order valence-corrected chi connectivity index (χ1v) is 23.0. The zero-order chi connectivity index (χ0) is 41.5. The number of morpholine rings is 1. The monoisotopic (exact) mass is 809 g/mol. The maximum absolute atomic E-state index is 13.6. The first-order valence-electron chi connectivity index (χ1n) is 23.0. The Morgan fingerprint density at radius 3 is 2.46 bits per heavy atom. The van der Waals surface area contributed by atoms with E-state index in [1.165, 1.54) is 55.4 Å². The van der Waals surface area contributed by atoms with E-state index in [9.17, 15) is 19.2 Å². The molecule has 59 heavy (non-hydrogen) atoms. The van der Waals surface area contributed by atoms with Gasteiger partial charge in [0.15, 0.2) is 0 Å². The minimum absolute atomic E-state index is 0.0518. The van der Waals surface area contributed by atoms with Crippen molar-refractivity contribution in [3.05, 3.63) is 53.1 Å². The van der Waals surface area contributed by atoms with Crippen molar-refractivity contribution in [1.29, 1.82) is 0 Å². The van der Waals surface area contributed by atoms with Gasteiger partial charge in [-0.1, -0.05) is 77.7 Å². The fourth-order valence-corrected chi connectivity index (χ4v) is 13.0. The number of anilines is 1. The van der Waals surface area contributed by atoms with Gasteiger partial charge in [-0.05, 0) is 109 Å². The number of ether oxygens (including phenoxy) is 2. The number of hydrogen-bond acceptors (Lipinski definition) is 7. The first-order chi connectivity index (χ1) is 28.4. The van der Waals surface area contributed by atoms with E-state index in [-0.39, 0.29) is 55.3 Å². The summed E-state index contributed by atoms with van der Waals surface area (Å²) in [6, 6.07) is 9.35. The molecule has 320 valence electrons. The standard InChI is InChI=1S/C49H68N4O6/c1-31(2)8-6-9-32(3)39-15-16-40-35-13-12-33-30-34(18-21-48(33,4)41(35)19-22-49(39,40)5)59-47(57)51-23-20-43(54)50-24-25-53-45(55)37-11-7-10-36-42(52-26-28-58-29-27-52)17-14-38(44(36)37)46(53)56/h7,10-12,14,17,31-32,34-35,39-41H,6,8-9,13,15-16,18-30H2,1-5H3,(H,50,54)(H,51,57)/t32-,34+,35+,39-,40+,41+,48+,49-/m1/s1. The number of allylic oxidation sites excluding steroid dienone is 1. The van der Waals surface area contributed by atoms with Crippen molar-refractivity contribution in [2.45, 2.75) is 118 Å². The molecule has 0 spiro atoms. The van der Waals surface area contributed by atoms with Crippen molar-refractivity contribution >= 4 is 40.3 Å². The normalized spacial score (nSPS) is 30.7. The Hall–Kier alpha value is -3.92. The van der Waals surface area contributed by atoms with Gasteiger partial charge in [0.05, 0.1) is 13.2 Å². The third-order valence-corrected chi connectivity index (χ3v) is 16.1. The lowest BCUT2D eigenvalue weighted by Gasteiger charge is -2.58. The SMILES string of the molecule is CC(C)CCC[C@@H](C)[C@H]1CC[C@H]2[C@@H]3CC=C4C[C@@H](OC(=O)NCCC(=O)NCCN5C(=O)c6cccc7c(N8CCOCC8)ccc(c67)C5=O)CC[C@]4(C)[C@H]3CC[C@]12C. The molecule has 8 atom stereocenters. The topological polar surface area (TPSA) is 117 Å². The molecule has 2 aliphatic heterocycles. The Kier molecular flexibility index (Phi) is 12.2. The number of carbonyl (C=O) groups excluding carboxylic acids is 4. The summed E-state index contributed by atoms with van der Waals surface area (Å²) < 4.78 is 11.5. The third kappa shape index (κ3) is 8.04. The molecule has 8 rings (SSSR count). The van der Waals surface area contributed by atoms with E-state index in [0.717, 1.165) is 79.4 Å². The van der Waals surface area contributed by atoms with Gasteiger partial charge in [-0.3, -0.25) is 19.3 Å². The Morgan fingerprint density at radius 2 is 1.68 bits per heavy atom. The molecule has 10 heteroatoms. The van der Waals surface area contributed by atoms with E-state index < -0.39 is 6.09 Å². The summed E-state index contributed by atoms with van der Waals surface area (Å²) in [5.74, 6) is 3.77. The summed E-state index contributed by atoms with van der Waals surface area (Å²) in [7, 11) is 0. The molecular formula is C49H68N4O6. The van der Waals surface area contributed by atoms with Crippen LogP contribution in [0, 0.1) is 46.3 Å². The molecule has 4 aliphatic carbocycles. The lowest BCUT2D eigenvalue weighted by Crippen LogP contribution is -2.51. The lowest BCUT2D eigenvalue weighted by molar-refractivity contribution is -0.121. The largest absolute Gasteiger partial charge is 0.446 e. The van der Waals surface area contributed by atoms with Crippen LogP contribution in [-0.4, -0.2) is 80.8 Å². The molecule has 2 N–H and O–H groups in total. The van der Waals surface area contributed by atoms with Crippen LogP contribution in [0.4, 0.5) is 10.5 Å². The molecule has 2 aromatic rings. The van der Waals surface area contributed by atoms with Crippen molar-refractivity contribution in [3.8, 4) is 0 Å². The van der Waals surface area contributed by atoms with Gasteiger partial charge in [0.1, 0.15) is 6.10 Å². The number of carbonyl (C=O) groups is 4. The van der Waals surface area contributed by atoms with Crippen molar-refractivity contribution in [2.75, 3.05) is 50.8 Å². The fraction of sp³-hybridized carbons (Fsp3) is 0.673. The van der Waals surface area contributed by atoms with Gasteiger partial charge < -0.3 is 25.0 Å². The fourth-order valence-electron chi connectivity index (χ4n) is 13.0. The molecule has 0 radical (unpaired) electrons. The lowest BCUT2D eigenvalue weighted by atomic mass is 9.47. The molecule has 4 fully saturated rings. The second kappa shape index (κ2) is 17.2. The van der Waals surface area contributed by atoms with Crippen molar-refractivity contribution in [2.24, 2.45) is 46.3 Å². The maximum Gasteiger partial charge on any atom is 0.407 e. The average Bonchev–Trinajstić information content (AvgIpc) is 3.58. The predicted molar refractivity (Wildman–Crippen MR) is 231 cm³/mol. The van der Waals surface area contributed by atoms with E-state index in [1.54, 1.807) is 12.1 Å². The predicted octanol–water partition coefficient (Wildman–Crippen LogP) is 8.91. The first kappa shape index (κ1) is 41.8. The van der Waals surface area contributed by atoms with Crippen LogP contribution >= 0.6 is 0 Å². The summed E-state index contributed by atoms with van der Waals surface area (Å²) in [4.78, 5) is 56.2. The highest BCUT2D eigenvalue weighted by molar-refractivity contribution is 6.26. The number of benzene rings is 2. The molecule has 1 saturated heterocycles. The van der Waals surface area contributed by atoms with E-state index in [2.05, 4.69) is 56.2 Å². The molecular weight excluding hydrogens is 741 g/mol. The Morgan fingerprint density at radius 1 is 0.898 bits per heavy atom. The summed E-state index contributed by atoms with van der Waals surface area (Å²) in [5, 5.41) is 7.17. The van der Waals surface area contributed by atoms with Gasteiger partial charge in [-0.15, -0.1) is 0 Å². The highest BCUT2D eigenvalue weighted by Crippen LogP contribution is 2.67. The maximum atomic E-state index is 13.6. The molecule has 3 saturated carbocycles. The molecule has 6 aliphatic rings. The molecule has 2 aromatic carbocycles. The molecule has 10 nitrogen and oxygen atoms in total. The molecule has 4 amide bonds. The van der Waals surface area contributed by atoms with Gasteiger partial charge in [-0.25, -0.2) is 4.79 Å². The summed E-state index contributed by atoms with van der Waals surface area (Å²) in [6.45, 7) is 15.5. The number of alkyl carbamates (subject to hydrolysis) is 1. The highest BCUT2D eigenvalue weighted by Gasteiger charge is 2.59. The molecule has 0 aromatic heterocycles. The Labute approximate surface area is 351 Å². The van der Waals surface area contributed by atoms with Crippen LogP contribution in [0.1, 0.15) is 132 Å². The van der Waals surface area contributed by atoms with Gasteiger partial charge in [0.25, 0.3) is 11.8 Å². The zero-order valence-corrected chi connectivity index (χ0v) is 36.3. The van der Waals surface area contributed by atoms with E-state index in [4.69, 9.17) is 9.47 Å². The van der Waals surface area contributed by atoms with Gasteiger partial charge in [0, 0.05) is 73.2 Å². The van der Waals surface area contributed by atoms with Crippen molar-refractivity contribution in [3.63, 3.8) is 0 Å². The Bertz CT molecular complexity index is 1930. The van der Waals surface area contributed by atoms with Crippen LogP contribution in [0.15, 0.2) is 42.0 Å². The van der Waals surface area contributed by atoms with E-state index >= 15 is 0 Å². The minimum atomic E-state index is -0.484. The molecule has 0 unspecified atom stereocenters. The number of fused-ring (bicyclic) bond motifs is 5. The summed E-state index contributed by atoms with van der Waals surface area (Å²) in [6.07, 6.45) is 15.4. The summed E-state index contributed by atoms with van der Waals surface area (Å²) in [5.41, 5.74) is 4.12. The number of nitrogens with one attached hydrogen (secondary N) is 2. The quantitative estimate of drug-likeness (QED) is 0.153. The number of hydrogen-bond donors (Lipinski definition) is 2. The number of nitrogens with zero attached hydrogens (tertiary/aromatic N) is 2. The second-order valence-electron chi connectivity index (χ2n) is 19.8. The van der Waals surface area contributed by atoms with E-state index in [1.807, 2.05) is 18.2 Å². The number of imide groups is 1. The zero-order valence-electron chi connectivity index (χ0n) is 36.3. The summed E-state index contributed by atoms with van der Waals surface area (Å²) >= 11 is 0. The Balaban J connectivity index is 0.778. The smallest absolute Gasteiger partial charge is 0.407 e. The van der Waals surface area contributed by atoms with Crippen LogP contribution in [0.25, 0.3) is 10.8 Å². The van der Waals surface area contributed by atoms with Crippen LogP contribution in [0.3, 0.4) is 0 Å². The van der Waals surface area contributed by atoms with Gasteiger partial charge in [-0.2, -0.15) is 0 Å². The van der Waals surface area contributed by atoms with Gasteiger partial charge >= 0.3 is 6.09 Å². The second-order valence-corrected chi connectivity index (χ2v) is 19.8. The molecule has 2 heterocycles. The van der Waals surface area contributed by atoms with Crippen LogP contribution < -0.4 is 15.5 Å². The average molecular weight is 809 g/mol. The number of rotatable bonds is 13. The van der Waals surface area contributed by atoms with Crippen LogP contribution in [-0.2, 0) is 14.3 Å².